The average Bonchev–Trinajstić information content (AvgIpc) is 3.11. The number of carboxylic acids is 1. The van der Waals surface area contributed by atoms with Crippen LogP contribution in [0.15, 0.2) is 23.7 Å². The number of nitrogens with one attached hydrogen (secondary N) is 1. The van der Waals surface area contributed by atoms with E-state index in [4.69, 9.17) is 5.11 Å². The number of thiazole rings is 1. The summed E-state index contributed by atoms with van der Waals surface area (Å²) in [6.07, 6.45) is 3.97. The second-order valence-corrected chi connectivity index (χ2v) is 5.07. The lowest BCUT2D eigenvalue weighted by Crippen LogP contribution is -2.00. The number of anilines is 2. The Morgan fingerprint density at radius 2 is 2.28 bits per heavy atom. The molecule has 6 heteroatoms. The van der Waals surface area contributed by atoms with Crippen molar-refractivity contribution in [2.45, 2.75) is 18.8 Å². The van der Waals surface area contributed by atoms with E-state index in [0.29, 0.717) is 5.92 Å². The highest BCUT2D eigenvalue weighted by molar-refractivity contribution is 7.13. The van der Waals surface area contributed by atoms with Crippen molar-refractivity contribution >= 4 is 28.1 Å². The lowest BCUT2D eigenvalue weighted by molar-refractivity contribution is 0.0690. The van der Waals surface area contributed by atoms with Crippen molar-refractivity contribution in [2.75, 3.05) is 5.32 Å². The van der Waals surface area contributed by atoms with E-state index in [1.165, 1.54) is 25.1 Å². The molecule has 1 aliphatic rings. The fraction of sp³-hybridized carbons (Fsp3) is 0.250. The number of carbonyl (C=O) groups is 1. The fourth-order valence-corrected chi connectivity index (χ4v) is 2.44. The fourth-order valence-electron chi connectivity index (χ4n) is 1.63. The van der Waals surface area contributed by atoms with Gasteiger partial charge >= 0.3 is 5.97 Å². The third kappa shape index (κ3) is 2.33. The number of aromatic nitrogens is 2. The summed E-state index contributed by atoms with van der Waals surface area (Å²) in [5.74, 6) is -0.379. The maximum absolute atomic E-state index is 10.7. The minimum absolute atomic E-state index is 0.0401. The lowest BCUT2D eigenvalue weighted by atomic mass is 10.3. The van der Waals surface area contributed by atoms with Gasteiger partial charge in [0.05, 0.1) is 17.6 Å². The highest BCUT2D eigenvalue weighted by Gasteiger charge is 2.26. The Labute approximate surface area is 108 Å². The van der Waals surface area contributed by atoms with Gasteiger partial charge in [0.15, 0.2) is 5.13 Å². The Balaban J connectivity index is 1.72. The molecule has 0 aliphatic heterocycles. The van der Waals surface area contributed by atoms with E-state index in [9.17, 15) is 4.79 Å². The molecule has 0 atom stereocenters. The normalized spacial score (nSPS) is 14.4. The van der Waals surface area contributed by atoms with Gasteiger partial charge in [-0.1, -0.05) is 0 Å². The van der Waals surface area contributed by atoms with Crippen molar-refractivity contribution < 1.29 is 9.90 Å². The van der Waals surface area contributed by atoms with Gasteiger partial charge in [-0.2, -0.15) is 0 Å². The van der Waals surface area contributed by atoms with E-state index < -0.39 is 5.97 Å². The summed E-state index contributed by atoms with van der Waals surface area (Å²) in [4.78, 5) is 19.0. The van der Waals surface area contributed by atoms with Crippen molar-refractivity contribution in [3.63, 3.8) is 0 Å². The van der Waals surface area contributed by atoms with E-state index in [0.717, 1.165) is 16.5 Å². The SMILES string of the molecule is O=C(O)c1ccc(Nc2nc(C3CC3)cs2)cn1. The lowest BCUT2D eigenvalue weighted by Gasteiger charge is -2.01. The van der Waals surface area contributed by atoms with Crippen LogP contribution < -0.4 is 5.32 Å². The molecule has 92 valence electrons. The van der Waals surface area contributed by atoms with Crippen molar-refractivity contribution in [1.29, 1.82) is 0 Å². The molecule has 0 radical (unpaired) electrons. The van der Waals surface area contributed by atoms with Crippen LogP contribution in [0.1, 0.15) is 34.9 Å². The molecule has 2 aromatic heterocycles. The molecule has 2 heterocycles. The molecule has 0 amide bonds. The Bertz CT molecular complexity index is 575. The molecular weight excluding hydrogens is 250 g/mol. The van der Waals surface area contributed by atoms with Gasteiger partial charge in [0.2, 0.25) is 0 Å². The molecule has 18 heavy (non-hydrogen) atoms. The standard InChI is InChI=1S/C12H11N3O2S/c16-11(17)9-4-3-8(5-13-9)14-12-15-10(6-18-12)7-1-2-7/h3-7H,1-2H2,(H,14,15)(H,16,17). The maximum Gasteiger partial charge on any atom is 0.354 e. The van der Waals surface area contributed by atoms with Crippen molar-refractivity contribution in [3.8, 4) is 0 Å². The zero-order valence-electron chi connectivity index (χ0n) is 9.46. The van der Waals surface area contributed by atoms with Crippen LogP contribution in [0.2, 0.25) is 0 Å². The van der Waals surface area contributed by atoms with Gasteiger partial charge in [-0.25, -0.2) is 14.8 Å². The van der Waals surface area contributed by atoms with Gasteiger partial charge in [-0.3, -0.25) is 0 Å². The smallest absolute Gasteiger partial charge is 0.354 e. The quantitative estimate of drug-likeness (QED) is 0.885. The van der Waals surface area contributed by atoms with Crippen molar-refractivity contribution in [3.05, 3.63) is 35.1 Å². The highest BCUT2D eigenvalue weighted by Crippen LogP contribution is 2.41. The Kier molecular flexibility index (Phi) is 2.71. The number of hydrogen-bond acceptors (Lipinski definition) is 5. The maximum atomic E-state index is 10.7. The molecule has 5 nitrogen and oxygen atoms in total. The van der Waals surface area contributed by atoms with Crippen LogP contribution in [0.25, 0.3) is 0 Å². The average molecular weight is 261 g/mol. The topological polar surface area (TPSA) is 75.1 Å². The number of rotatable bonds is 4. The van der Waals surface area contributed by atoms with Crippen molar-refractivity contribution in [2.24, 2.45) is 0 Å². The summed E-state index contributed by atoms with van der Waals surface area (Å²) < 4.78 is 0. The van der Waals surface area contributed by atoms with Crippen LogP contribution in [0, 0.1) is 0 Å². The van der Waals surface area contributed by atoms with E-state index >= 15 is 0 Å². The van der Waals surface area contributed by atoms with Gasteiger partial charge < -0.3 is 10.4 Å². The second-order valence-electron chi connectivity index (χ2n) is 4.21. The molecule has 0 bridgehead atoms. The van der Waals surface area contributed by atoms with E-state index in [1.54, 1.807) is 17.4 Å². The molecule has 0 saturated heterocycles. The number of aromatic carboxylic acids is 1. The Morgan fingerprint density at radius 1 is 1.44 bits per heavy atom. The van der Waals surface area contributed by atoms with Crippen LogP contribution in [0.5, 0.6) is 0 Å². The first-order valence-corrected chi connectivity index (χ1v) is 6.52. The summed E-state index contributed by atoms with van der Waals surface area (Å²) in [5.41, 5.74) is 1.94. The van der Waals surface area contributed by atoms with E-state index in [2.05, 4.69) is 20.7 Å². The first kappa shape index (κ1) is 11.2. The van der Waals surface area contributed by atoms with Crippen LogP contribution in [0.3, 0.4) is 0 Å². The summed E-state index contributed by atoms with van der Waals surface area (Å²) in [6.45, 7) is 0. The summed E-state index contributed by atoms with van der Waals surface area (Å²) in [7, 11) is 0. The zero-order valence-corrected chi connectivity index (χ0v) is 10.3. The number of pyridine rings is 1. The summed E-state index contributed by atoms with van der Waals surface area (Å²) in [5, 5.41) is 14.8. The van der Waals surface area contributed by atoms with Gasteiger partial charge in [-0.15, -0.1) is 11.3 Å². The highest BCUT2D eigenvalue weighted by atomic mass is 32.1. The molecule has 2 aromatic rings. The van der Waals surface area contributed by atoms with Gasteiger partial charge in [0, 0.05) is 11.3 Å². The molecule has 2 N–H and O–H groups in total. The molecule has 1 saturated carbocycles. The third-order valence-electron chi connectivity index (χ3n) is 2.75. The minimum Gasteiger partial charge on any atom is -0.477 e. The van der Waals surface area contributed by atoms with Crippen LogP contribution in [0.4, 0.5) is 10.8 Å². The molecular formula is C12H11N3O2S. The van der Waals surface area contributed by atoms with Gasteiger partial charge in [0.25, 0.3) is 0 Å². The van der Waals surface area contributed by atoms with Crippen molar-refractivity contribution in [1.82, 2.24) is 9.97 Å². The molecule has 0 unspecified atom stereocenters. The zero-order chi connectivity index (χ0) is 12.5. The molecule has 0 aromatic carbocycles. The van der Waals surface area contributed by atoms with Crippen LogP contribution in [-0.2, 0) is 0 Å². The number of hydrogen-bond donors (Lipinski definition) is 2. The van der Waals surface area contributed by atoms with E-state index in [-0.39, 0.29) is 5.69 Å². The second kappa shape index (κ2) is 4.38. The largest absolute Gasteiger partial charge is 0.477 e. The number of carboxylic acid groups (broad SMARTS) is 1. The molecule has 1 fully saturated rings. The molecule has 3 rings (SSSR count). The monoisotopic (exact) mass is 261 g/mol. The predicted octanol–water partition coefficient (Wildman–Crippen LogP) is 2.86. The number of nitrogens with zero attached hydrogens (tertiary/aromatic N) is 2. The first-order valence-electron chi connectivity index (χ1n) is 5.64. The minimum atomic E-state index is -1.02. The third-order valence-corrected chi connectivity index (χ3v) is 3.53. The van der Waals surface area contributed by atoms with E-state index in [1.807, 2.05) is 0 Å². The molecule has 1 aliphatic carbocycles. The summed E-state index contributed by atoms with van der Waals surface area (Å²) in [6, 6.07) is 3.16. The Morgan fingerprint density at radius 3 is 2.89 bits per heavy atom. The van der Waals surface area contributed by atoms with Gasteiger partial charge in [0.1, 0.15) is 5.69 Å². The van der Waals surface area contributed by atoms with Crippen LogP contribution >= 0.6 is 11.3 Å². The van der Waals surface area contributed by atoms with Gasteiger partial charge in [-0.05, 0) is 25.0 Å². The first-order chi connectivity index (χ1) is 8.72. The predicted molar refractivity (Wildman–Crippen MR) is 68.6 cm³/mol. The Hall–Kier alpha value is -1.95. The summed E-state index contributed by atoms with van der Waals surface area (Å²) >= 11 is 1.56. The van der Waals surface area contributed by atoms with Crippen LogP contribution in [-0.4, -0.2) is 21.0 Å². The molecule has 0 spiro atoms.